The molecule has 0 saturated carbocycles. The number of amidine groups is 1. The molecule has 0 amide bonds. The molecule has 1 aromatic rings. The number of nitrogens with one attached hydrogen (secondary N) is 1. The molecule has 67 heavy (non-hydrogen) atoms. The van der Waals surface area contributed by atoms with E-state index in [4.69, 9.17) is 47.6 Å². The van der Waals surface area contributed by atoms with Crippen LogP contribution in [0, 0.1) is 17.8 Å². The molecule has 18 nitrogen and oxygen atoms in total. The zero-order valence-electron chi connectivity index (χ0n) is 42.2. The predicted molar refractivity (Wildman–Crippen MR) is 249 cm³/mol. The molecule has 382 valence electrons. The minimum absolute atomic E-state index is 0.0875. The summed E-state index contributed by atoms with van der Waals surface area (Å²) in [5.74, 6) is -1.99. The van der Waals surface area contributed by atoms with E-state index < -0.39 is 95.5 Å². The Morgan fingerprint density at radius 2 is 1.60 bits per heavy atom. The number of rotatable bonds is 10. The second kappa shape index (κ2) is 21.7. The summed E-state index contributed by atoms with van der Waals surface area (Å²) in [5.41, 5.74) is -5.37. The zero-order chi connectivity index (χ0) is 49.2. The van der Waals surface area contributed by atoms with E-state index in [0.29, 0.717) is 56.7 Å². The molecule has 6 rings (SSSR count). The number of benzene rings is 1. The Morgan fingerprint density at radius 3 is 2.22 bits per heavy atom. The number of aliphatic imine (C=N–C) groups is 1. The number of hydrogen-bond donors (Lipinski definition) is 5. The van der Waals surface area contributed by atoms with E-state index in [1.807, 2.05) is 63.9 Å². The topological polar surface area (TPSA) is 212 Å². The highest BCUT2D eigenvalue weighted by atomic mass is 16.7. The van der Waals surface area contributed by atoms with E-state index >= 15 is 0 Å². The van der Waals surface area contributed by atoms with E-state index in [9.17, 15) is 25.2 Å². The minimum Gasteiger partial charge on any atom is -0.497 e. The lowest BCUT2D eigenvalue weighted by Gasteiger charge is -2.55. The van der Waals surface area contributed by atoms with E-state index in [1.165, 1.54) is 6.92 Å². The standard InChI is InChI=1S/C49H82N4O14/c1-14-37-48(10,57)41(54)32(6)50-26-28(2)24-46(8,56)42(67-44-40-36(23-29(3)62-44)52(11)45(66-40)51-34-15-17-35(59-12)18-16-34)30(4)39(31(5)43(55)64-37)65-38-25-47(9,60-13)49(58,33(7)63-38)27-53-19-21-61-22-20-53/h15-18,28-33,36-42,44,50,54,56-58H,14,19-27H2,1-13H3/b51-45-/t28-,29-,30+,31-,32-,33+,36+,37-,38+,39+,40-,41-,42-,44+,46-,47-,48-,49+/m1/s1. The van der Waals surface area contributed by atoms with Gasteiger partial charge in [-0.3, -0.25) is 9.69 Å². The number of aliphatic hydroxyl groups excluding tert-OH is 1. The average molecular weight is 951 g/mol. The summed E-state index contributed by atoms with van der Waals surface area (Å²) in [6.07, 6.45) is -7.10. The summed E-state index contributed by atoms with van der Waals surface area (Å²) < 4.78 is 57.2. The van der Waals surface area contributed by atoms with Gasteiger partial charge in [-0.15, -0.1) is 0 Å². The number of carbonyl (C=O) groups is 1. The van der Waals surface area contributed by atoms with Gasteiger partial charge < -0.3 is 73.3 Å². The summed E-state index contributed by atoms with van der Waals surface area (Å²) in [7, 11) is 5.09. The van der Waals surface area contributed by atoms with Gasteiger partial charge in [-0.05, 0) is 104 Å². The molecule has 0 aliphatic carbocycles. The van der Waals surface area contributed by atoms with Gasteiger partial charge in [0.1, 0.15) is 34.8 Å². The number of cyclic esters (lactones) is 1. The number of esters is 1. The molecular weight excluding hydrogens is 869 g/mol. The molecule has 1 aromatic carbocycles. The van der Waals surface area contributed by atoms with Crippen molar-refractivity contribution in [2.45, 2.75) is 185 Å². The molecule has 0 bridgehead atoms. The van der Waals surface area contributed by atoms with Crippen LogP contribution >= 0.6 is 0 Å². The van der Waals surface area contributed by atoms with Crippen molar-refractivity contribution in [1.29, 1.82) is 0 Å². The Bertz CT molecular complexity index is 1800. The van der Waals surface area contributed by atoms with Crippen molar-refractivity contribution in [3.8, 4) is 5.75 Å². The first kappa shape index (κ1) is 53.6. The summed E-state index contributed by atoms with van der Waals surface area (Å²) in [5, 5.41) is 52.1. The number of aliphatic hydroxyl groups is 4. The monoisotopic (exact) mass is 951 g/mol. The number of hydrogen-bond acceptors (Lipinski definition) is 17. The lowest BCUT2D eigenvalue weighted by atomic mass is 9.74. The SMILES string of the molecule is CC[C@H]1OC(=O)[C@H](C)[C@@H](O[C@H]2C[C@@](C)(OC)[C@](O)(CN3CCOCC3)[C@H](C)O2)[C@H](C)[C@@H](O[C@@H]2O[C@H](C)C[C@H]3[C@H]2O/C(=N\c2ccc(OC)cc2)N3C)[C@](C)(O)C[C@@H](C)CN[C@H](C)[C@@H](O)[C@]1(C)O. The molecule has 5 saturated heterocycles. The van der Waals surface area contributed by atoms with Gasteiger partial charge in [-0.1, -0.05) is 20.8 Å². The predicted octanol–water partition coefficient (Wildman–Crippen LogP) is 3.37. The van der Waals surface area contributed by atoms with Crippen LogP contribution in [0.15, 0.2) is 29.3 Å². The molecular formula is C49H82N4O14. The molecule has 18 atom stereocenters. The third-order valence-electron chi connectivity index (χ3n) is 15.4. The fraction of sp³-hybridized carbons (Fsp3) is 0.837. The van der Waals surface area contributed by atoms with Gasteiger partial charge in [-0.2, -0.15) is 4.99 Å². The number of nitrogens with zero attached hydrogens (tertiary/aromatic N) is 3. The van der Waals surface area contributed by atoms with E-state index in [2.05, 4.69) is 10.2 Å². The first-order valence-electron chi connectivity index (χ1n) is 24.4. The molecule has 5 aliphatic rings. The Hall–Kier alpha value is -2.72. The largest absolute Gasteiger partial charge is 0.497 e. The second-order valence-electron chi connectivity index (χ2n) is 20.7. The minimum atomic E-state index is -1.83. The van der Waals surface area contributed by atoms with Gasteiger partial charge in [0.15, 0.2) is 18.7 Å². The van der Waals surface area contributed by atoms with Crippen molar-refractivity contribution in [2.24, 2.45) is 22.7 Å². The van der Waals surface area contributed by atoms with Crippen molar-refractivity contribution >= 4 is 17.7 Å². The number of carbonyl (C=O) groups excluding carboxylic acids is 1. The zero-order valence-corrected chi connectivity index (χ0v) is 42.2. The summed E-state index contributed by atoms with van der Waals surface area (Å²) in [6.45, 7) is 20.9. The molecule has 18 heteroatoms. The third-order valence-corrected chi connectivity index (χ3v) is 15.4. The van der Waals surface area contributed by atoms with Gasteiger partial charge in [0.25, 0.3) is 6.02 Å². The molecule has 5 fully saturated rings. The third kappa shape index (κ3) is 11.6. The lowest BCUT2D eigenvalue weighted by molar-refractivity contribution is -0.338. The van der Waals surface area contributed by atoms with Gasteiger partial charge in [0.2, 0.25) is 0 Å². The van der Waals surface area contributed by atoms with Crippen LogP contribution in [0.2, 0.25) is 0 Å². The number of morpholine rings is 1. The molecule has 5 aliphatic heterocycles. The summed E-state index contributed by atoms with van der Waals surface area (Å²) in [4.78, 5) is 23.6. The number of ether oxygens (including phenoxy) is 9. The Kier molecular flexibility index (Phi) is 17.4. The highest BCUT2D eigenvalue weighted by Crippen LogP contribution is 2.44. The van der Waals surface area contributed by atoms with Crippen molar-refractivity contribution < 1.29 is 67.9 Å². The van der Waals surface area contributed by atoms with Crippen molar-refractivity contribution in [3.05, 3.63) is 24.3 Å². The number of fused-ring (bicyclic) bond motifs is 1. The van der Waals surface area contributed by atoms with Gasteiger partial charge in [0, 0.05) is 52.2 Å². The van der Waals surface area contributed by atoms with Gasteiger partial charge >= 0.3 is 5.97 Å². The number of likely N-dealkylation sites (N-methyl/N-ethyl adjacent to an activating group) is 1. The Morgan fingerprint density at radius 1 is 0.925 bits per heavy atom. The number of β-amino-alcohol motifs (C(OH)–C–C–N with tert-alkyl or cyclic N) is 1. The molecule has 0 radical (unpaired) electrons. The Labute approximate surface area is 397 Å². The summed E-state index contributed by atoms with van der Waals surface area (Å²) in [6, 6.07) is 6.94. The van der Waals surface area contributed by atoms with Crippen LogP contribution in [0.5, 0.6) is 5.75 Å². The van der Waals surface area contributed by atoms with Crippen LogP contribution in [0.1, 0.15) is 94.9 Å². The average Bonchev–Trinajstić information content (AvgIpc) is 3.60. The van der Waals surface area contributed by atoms with Crippen LogP contribution in [0.3, 0.4) is 0 Å². The second-order valence-corrected chi connectivity index (χ2v) is 20.7. The maximum Gasteiger partial charge on any atom is 0.311 e. The molecule has 0 aromatic heterocycles. The van der Waals surface area contributed by atoms with Crippen LogP contribution in [-0.2, 0) is 42.7 Å². The van der Waals surface area contributed by atoms with E-state index in [0.717, 1.165) is 0 Å². The van der Waals surface area contributed by atoms with E-state index in [1.54, 1.807) is 48.8 Å². The molecule has 0 spiro atoms. The molecule has 5 N–H and O–H groups in total. The van der Waals surface area contributed by atoms with Crippen molar-refractivity contribution in [3.63, 3.8) is 0 Å². The first-order chi connectivity index (χ1) is 31.5. The highest BCUT2D eigenvalue weighted by Gasteiger charge is 2.59. The number of methoxy groups -OCH3 is 2. The maximum absolute atomic E-state index is 14.6. The van der Waals surface area contributed by atoms with Crippen LogP contribution in [0.25, 0.3) is 0 Å². The van der Waals surface area contributed by atoms with Crippen molar-refractivity contribution in [2.75, 3.05) is 60.7 Å². The maximum atomic E-state index is 14.6. The fourth-order valence-electron chi connectivity index (χ4n) is 11.0. The van der Waals surface area contributed by atoms with Crippen LogP contribution in [0.4, 0.5) is 5.69 Å². The van der Waals surface area contributed by atoms with Crippen LogP contribution in [-0.4, -0.2) is 193 Å². The normalized spacial score (nSPS) is 44.8. The molecule has 0 unspecified atom stereocenters. The lowest BCUT2D eigenvalue weighted by Crippen LogP contribution is -2.70. The van der Waals surface area contributed by atoms with Crippen molar-refractivity contribution in [1.82, 2.24) is 15.1 Å². The fourth-order valence-corrected chi connectivity index (χ4v) is 11.0. The van der Waals surface area contributed by atoms with Gasteiger partial charge in [-0.25, -0.2) is 0 Å². The van der Waals surface area contributed by atoms with Gasteiger partial charge in [0.05, 0.1) is 68.0 Å². The quantitative estimate of drug-likeness (QED) is 0.213. The smallest absolute Gasteiger partial charge is 0.311 e. The van der Waals surface area contributed by atoms with Crippen LogP contribution < -0.4 is 10.1 Å². The Balaban J connectivity index is 1.38. The summed E-state index contributed by atoms with van der Waals surface area (Å²) >= 11 is 0. The molecule has 5 heterocycles. The first-order valence-corrected chi connectivity index (χ1v) is 24.4. The van der Waals surface area contributed by atoms with E-state index in [-0.39, 0.29) is 43.9 Å². The highest BCUT2D eigenvalue weighted by molar-refractivity contribution is 5.79.